The van der Waals surface area contributed by atoms with E-state index in [4.69, 9.17) is 5.10 Å². The minimum atomic E-state index is 0.642. The van der Waals surface area contributed by atoms with Crippen molar-refractivity contribution in [3.63, 3.8) is 0 Å². The zero-order valence-electron chi connectivity index (χ0n) is 12.5. The Balaban J connectivity index is 1.76. The number of hydrogen-bond donors (Lipinski definition) is 1. The highest BCUT2D eigenvalue weighted by Gasteiger charge is 2.20. The fraction of sp³-hybridized carbons (Fsp3) is 0.562. The van der Waals surface area contributed by atoms with Crippen molar-refractivity contribution >= 4 is 10.9 Å². The Hall–Kier alpha value is -1.39. The summed E-state index contributed by atoms with van der Waals surface area (Å²) in [6, 6.07) is 9.15. The number of benzene rings is 1. The summed E-state index contributed by atoms with van der Waals surface area (Å²) in [5.74, 6) is 0. The zero-order chi connectivity index (χ0) is 13.9. The zero-order valence-corrected chi connectivity index (χ0v) is 12.5. The average Bonchev–Trinajstić information content (AvgIpc) is 2.77. The Kier molecular flexibility index (Phi) is 4.03. The van der Waals surface area contributed by atoms with Gasteiger partial charge in [0.25, 0.3) is 0 Å². The van der Waals surface area contributed by atoms with Crippen molar-refractivity contribution in [2.45, 2.75) is 32.4 Å². The quantitative estimate of drug-likeness (QED) is 0.926. The van der Waals surface area contributed by atoms with Crippen molar-refractivity contribution in [1.29, 1.82) is 0 Å². The van der Waals surface area contributed by atoms with Crippen LogP contribution in [0, 0.1) is 0 Å². The highest BCUT2D eigenvalue weighted by atomic mass is 15.3. The van der Waals surface area contributed by atoms with Gasteiger partial charge < -0.3 is 5.32 Å². The summed E-state index contributed by atoms with van der Waals surface area (Å²) in [5.41, 5.74) is 2.43. The van der Waals surface area contributed by atoms with Crippen molar-refractivity contribution in [3.8, 4) is 0 Å². The van der Waals surface area contributed by atoms with E-state index < -0.39 is 0 Å². The number of nitrogens with zero attached hydrogens (tertiary/aromatic N) is 3. The first-order chi connectivity index (χ1) is 9.78. The Bertz CT molecular complexity index is 573. The molecule has 20 heavy (non-hydrogen) atoms. The molecule has 0 radical (unpaired) electrons. The Labute approximate surface area is 120 Å². The van der Waals surface area contributed by atoms with Crippen LogP contribution >= 0.6 is 0 Å². The summed E-state index contributed by atoms with van der Waals surface area (Å²) in [6.07, 6.45) is 2.58. The number of hydrogen-bond acceptors (Lipinski definition) is 3. The molecule has 1 aromatic carbocycles. The van der Waals surface area contributed by atoms with E-state index in [0.717, 1.165) is 19.6 Å². The van der Waals surface area contributed by atoms with Gasteiger partial charge in [0.15, 0.2) is 0 Å². The molecule has 1 aliphatic heterocycles. The third-order valence-electron chi connectivity index (χ3n) is 4.21. The molecule has 1 aromatic heterocycles. The minimum absolute atomic E-state index is 0.642. The number of likely N-dealkylation sites (tertiary alicyclic amines) is 1. The summed E-state index contributed by atoms with van der Waals surface area (Å²) in [4.78, 5) is 2.53. The normalized spacial score (nSPS) is 20.6. The molecule has 0 aliphatic carbocycles. The van der Waals surface area contributed by atoms with Gasteiger partial charge in [0, 0.05) is 31.6 Å². The van der Waals surface area contributed by atoms with Gasteiger partial charge in [0.05, 0.1) is 11.2 Å². The maximum absolute atomic E-state index is 4.71. The Morgan fingerprint density at radius 1 is 1.35 bits per heavy atom. The van der Waals surface area contributed by atoms with Crippen molar-refractivity contribution in [2.24, 2.45) is 7.05 Å². The van der Waals surface area contributed by atoms with E-state index in [1.807, 2.05) is 11.7 Å². The second-order valence-corrected chi connectivity index (χ2v) is 5.72. The Morgan fingerprint density at radius 2 is 2.20 bits per heavy atom. The van der Waals surface area contributed by atoms with Crippen LogP contribution in [0.5, 0.6) is 0 Å². The SMILES string of the molecule is CCNC1CCCN(Cc2nn(C)c3ccccc23)C1. The predicted octanol–water partition coefficient (Wildman–Crippen LogP) is 2.15. The molecule has 1 fully saturated rings. The smallest absolute Gasteiger partial charge is 0.0843 e. The molecular weight excluding hydrogens is 248 g/mol. The lowest BCUT2D eigenvalue weighted by Crippen LogP contribution is -2.45. The average molecular weight is 272 g/mol. The lowest BCUT2D eigenvalue weighted by Gasteiger charge is -2.32. The maximum atomic E-state index is 4.71. The molecule has 1 aliphatic rings. The van der Waals surface area contributed by atoms with E-state index in [1.165, 1.54) is 36.0 Å². The van der Waals surface area contributed by atoms with Crippen LogP contribution < -0.4 is 5.32 Å². The molecule has 0 bridgehead atoms. The first kappa shape index (κ1) is 13.6. The van der Waals surface area contributed by atoms with Crippen LogP contribution in [0.4, 0.5) is 0 Å². The molecule has 0 amide bonds. The van der Waals surface area contributed by atoms with Crippen LogP contribution in [0.15, 0.2) is 24.3 Å². The van der Waals surface area contributed by atoms with Gasteiger partial charge in [-0.25, -0.2) is 0 Å². The van der Waals surface area contributed by atoms with Crippen LogP contribution in [-0.2, 0) is 13.6 Å². The number of nitrogens with one attached hydrogen (secondary N) is 1. The number of aryl methyl sites for hydroxylation is 1. The highest BCUT2D eigenvalue weighted by molar-refractivity contribution is 5.81. The number of aromatic nitrogens is 2. The van der Waals surface area contributed by atoms with Gasteiger partial charge in [-0.3, -0.25) is 9.58 Å². The molecule has 0 spiro atoms. The summed E-state index contributed by atoms with van der Waals surface area (Å²) >= 11 is 0. The van der Waals surface area contributed by atoms with Crippen molar-refractivity contribution in [2.75, 3.05) is 19.6 Å². The lowest BCUT2D eigenvalue weighted by molar-refractivity contribution is 0.183. The van der Waals surface area contributed by atoms with Crippen molar-refractivity contribution < 1.29 is 0 Å². The molecule has 2 heterocycles. The van der Waals surface area contributed by atoms with Crippen LogP contribution in [0.1, 0.15) is 25.5 Å². The number of para-hydroxylation sites is 1. The van der Waals surface area contributed by atoms with E-state index in [9.17, 15) is 0 Å². The summed E-state index contributed by atoms with van der Waals surface area (Å²) in [5, 5.41) is 9.58. The summed E-state index contributed by atoms with van der Waals surface area (Å²) in [6.45, 7) is 6.53. The minimum Gasteiger partial charge on any atom is -0.313 e. The van der Waals surface area contributed by atoms with Crippen LogP contribution in [0.2, 0.25) is 0 Å². The van der Waals surface area contributed by atoms with Crippen LogP contribution in [0.25, 0.3) is 10.9 Å². The van der Waals surface area contributed by atoms with Gasteiger partial charge in [0.1, 0.15) is 0 Å². The number of piperidine rings is 1. The number of likely N-dealkylation sites (N-methyl/N-ethyl adjacent to an activating group) is 1. The third kappa shape index (κ3) is 2.72. The van der Waals surface area contributed by atoms with Crippen LogP contribution in [0.3, 0.4) is 0 Å². The van der Waals surface area contributed by atoms with Gasteiger partial charge in [0.2, 0.25) is 0 Å². The molecule has 3 rings (SSSR count). The van der Waals surface area contributed by atoms with Gasteiger partial charge in [-0.05, 0) is 32.0 Å². The molecule has 4 heteroatoms. The van der Waals surface area contributed by atoms with E-state index in [1.54, 1.807) is 0 Å². The standard InChI is InChI=1S/C16H24N4/c1-3-17-13-7-6-10-20(11-13)12-15-14-8-4-5-9-16(14)19(2)18-15/h4-5,8-9,13,17H,3,6-7,10-12H2,1-2H3. The fourth-order valence-corrected chi connectivity index (χ4v) is 3.27. The summed E-state index contributed by atoms with van der Waals surface area (Å²) < 4.78 is 2.00. The lowest BCUT2D eigenvalue weighted by atomic mass is 10.1. The highest BCUT2D eigenvalue weighted by Crippen LogP contribution is 2.20. The molecule has 0 saturated carbocycles. The van der Waals surface area contributed by atoms with Crippen molar-refractivity contribution in [3.05, 3.63) is 30.0 Å². The third-order valence-corrected chi connectivity index (χ3v) is 4.21. The number of rotatable bonds is 4. The molecular formula is C16H24N4. The van der Waals surface area contributed by atoms with Gasteiger partial charge >= 0.3 is 0 Å². The molecule has 1 atom stereocenters. The second-order valence-electron chi connectivity index (χ2n) is 5.72. The Morgan fingerprint density at radius 3 is 3.05 bits per heavy atom. The fourth-order valence-electron chi connectivity index (χ4n) is 3.27. The molecule has 1 saturated heterocycles. The van der Waals surface area contributed by atoms with Gasteiger partial charge in [-0.1, -0.05) is 25.1 Å². The second kappa shape index (κ2) is 5.94. The molecule has 4 nitrogen and oxygen atoms in total. The topological polar surface area (TPSA) is 33.1 Å². The van der Waals surface area contributed by atoms with E-state index >= 15 is 0 Å². The largest absolute Gasteiger partial charge is 0.313 e. The van der Waals surface area contributed by atoms with Gasteiger partial charge in [-0.15, -0.1) is 0 Å². The first-order valence-corrected chi connectivity index (χ1v) is 7.64. The summed E-state index contributed by atoms with van der Waals surface area (Å²) in [7, 11) is 2.03. The maximum Gasteiger partial charge on any atom is 0.0843 e. The van der Waals surface area contributed by atoms with E-state index in [0.29, 0.717) is 6.04 Å². The number of fused-ring (bicyclic) bond motifs is 1. The first-order valence-electron chi connectivity index (χ1n) is 7.64. The van der Waals surface area contributed by atoms with E-state index in [-0.39, 0.29) is 0 Å². The predicted molar refractivity (Wildman–Crippen MR) is 82.7 cm³/mol. The molecule has 2 aromatic rings. The molecule has 1 N–H and O–H groups in total. The van der Waals surface area contributed by atoms with Gasteiger partial charge in [-0.2, -0.15) is 5.10 Å². The monoisotopic (exact) mass is 272 g/mol. The van der Waals surface area contributed by atoms with Crippen LogP contribution in [-0.4, -0.2) is 40.4 Å². The van der Waals surface area contributed by atoms with Crippen molar-refractivity contribution in [1.82, 2.24) is 20.0 Å². The molecule has 1 unspecified atom stereocenters. The van der Waals surface area contributed by atoms with E-state index in [2.05, 4.69) is 41.4 Å². The molecule has 108 valence electrons.